The van der Waals surface area contributed by atoms with Gasteiger partial charge in [0, 0.05) is 12.2 Å². The monoisotopic (exact) mass is 308 g/mol. The van der Waals surface area contributed by atoms with Crippen LogP contribution in [0.2, 0.25) is 0 Å². The molecule has 0 aromatic carbocycles. The van der Waals surface area contributed by atoms with Crippen molar-refractivity contribution in [3.05, 3.63) is 12.4 Å². The number of nitrogens with zero attached hydrogens (tertiary/aromatic N) is 2. The lowest BCUT2D eigenvalue weighted by molar-refractivity contribution is -0.123. The van der Waals surface area contributed by atoms with Gasteiger partial charge in [0.05, 0.1) is 18.0 Å². The maximum Gasteiger partial charge on any atom is 0.250 e. The van der Waals surface area contributed by atoms with Gasteiger partial charge in [0.2, 0.25) is 11.8 Å². The molecule has 1 heterocycles. The molecule has 0 radical (unpaired) electrons. The SMILES string of the molecule is CC(C)OCC(=O)Nc1cnn(CC(=O)NC2CCCC2)c1. The summed E-state index contributed by atoms with van der Waals surface area (Å²) in [5.41, 5.74) is 0.561. The Kier molecular flexibility index (Phi) is 5.94. The van der Waals surface area contributed by atoms with Crippen molar-refractivity contribution in [2.45, 2.75) is 58.2 Å². The highest BCUT2D eigenvalue weighted by Gasteiger charge is 2.17. The molecular formula is C15H24N4O3. The number of ether oxygens (including phenoxy) is 1. The predicted octanol–water partition coefficient (Wildman–Crippen LogP) is 1.31. The van der Waals surface area contributed by atoms with Gasteiger partial charge < -0.3 is 15.4 Å². The molecule has 1 aromatic heterocycles. The second-order valence-corrected chi connectivity index (χ2v) is 5.88. The van der Waals surface area contributed by atoms with E-state index in [9.17, 15) is 9.59 Å². The Morgan fingerprint density at radius 2 is 2.09 bits per heavy atom. The van der Waals surface area contributed by atoms with Crippen LogP contribution in [0.3, 0.4) is 0 Å². The minimum Gasteiger partial charge on any atom is -0.369 e. The fourth-order valence-electron chi connectivity index (χ4n) is 2.44. The molecule has 7 heteroatoms. The molecule has 7 nitrogen and oxygen atoms in total. The minimum absolute atomic E-state index is 0.00497. The molecule has 2 rings (SSSR count). The summed E-state index contributed by atoms with van der Waals surface area (Å²) in [7, 11) is 0. The molecule has 1 fully saturated rings. The van der Waals surface area contributed by atoms with Gasteiger partial charge in [0.25, 0.3) is 0 Å². The largest absolute Gasteiger partial charge is 0.369 e. The molecule has 1 saturated carbocycles. The number of hydrogen-bond donors (Lipinski definition) is 2. The van der Waals surface area contributed by atoms with Gasteiger partial charge in [-0.2, -0.15) is 5.10 Å². The standard InChI is InChI=1S/C15H24N4O3/c1-11(2)22-10-15(21)18-13-7-16-19(8-13)9-14(20)17-12-5-3-4-6-12/h7-8,11-12H,3-6,9-10H2,1-2H3,(H,17,20)(H,18,21). The van der Waals surface area contributed by atoms with Gasteiger partial charge in [-0.1, -0.05) is 12.8 Å². The molecule has 0 unspecified atom stereocenters. The molecule has 0 aliphatic heterocycles. The third-order valence-corrected chi connectivity index (χ3v) is 3.49. The van der Waals surface area contributed by atoms with Gasteiger partial charge in [-0.05, 0) is 26.7 Å². The number of carbonyl (C=O) groups is 2. The smallest absolute Gasteiger partial charge is 0.250 e. The van der Waals surface area contributed by atoms with Crippen LogP contribution in [-0.4, -0.2) is 40.3 Å². The number of carbonyl (C=O) groups excluding carboxylic acids is 2. The second-order valence-electron chi connectivity index (χ2n) is 5.88. The van der Waals surface area contributed by atoms with Crippen LogP contribution < -0.4 is 10.6 Å². The maximum absolute atomic E-state index is 11.9. The molecule has 0 atom stereocenters. The quantitative estimate of drug-likeness (QED) is 0.795. The van der Waals surface area contributed by atoms with E-state index in [4.69, 9.17) is 4.74 Å². The number of aromatic nitrogens is 2. The fraction of sp³-hybridized carbons (Fsp3) is 0.667. The van der Waals surface area contributed by atoms with Crippen molar-refractivity contribution in [1.29, 1.82) is 0 Å². The summed E-state index contributed by atoms with van der Waals surface area (Å²) in [5.74, 6) is -0.278. The molecule has 0 spiro atoms. The molecule has 2 N–H and O–H groups in total. The van der Waals surface area contributed by atoms with Crippen molar-refractivity contribution >= 4 is 17.5 Å². The van der Waals surface area contributed by atoms with Gasteiger partial charge in [-0.15, -0.1) is 0 Å². The number of amides is 2. The van der Waals surface area contributed by atoms with Gasteiger partial charge in [-0.3, -0.25) is 14.3 Å². The number of nitrogens with one attached hydrogen (secondary N) is 2. The van der Waals surface area contributed by atoms with E-state index >= 15 is 0 Å². The van der Waals surface area contributed by atoms with E-state index in [-0.39, 0.29) is 31.1 Å². The number of hydrogen-bond acceptors (Lipinski definition) is 4. The Balaban J connectivity index is 1.75. The van der Waals surface area contributed by atoms with Crippen LogP contribution in [0.1, 0.15) is 39.5 Å². The maximum atomic E-state index is 11.9. The zero-order chi connectivity index (χ0) is 15.9. The number of rotatable bonds is 7. The third kappa shape index (κ3) is 5.48. The molecule has 1 aliphatic rings. The lowest BCUT2D eigenvalue weighted by Gasteiger charge is -2.11. The molecule has 122 valence electrons. The van der Waals surface area contributed by atoms with Gasteiger partial charge in [0.1, 0.15) is 13.2 Å². The summed E-state index contributed by atoms with van der Waals surface area (Å²) in [6.45, 7) is 3.91. The van der Waals surface area contributed by atoms with Crippen LogP contribution in [0.4, 0.5) is 5.69 Å². The van der Waals surface area contributed by atoms with Crippen LogP contribution in [0.5, 0.6) is 0 Å². The van der Waals surface area contributed by atoms with Crippen LogP contribution in [0, 0.1) is 0 Å². The van der Waals surface area contributed by atoms with E-state index in [1.54, 1.807) is 6.20 Å². The molecule has 2 amide bonds. The molecule has 0 saturated heterocycles. The van der Waals surface area contributed by atoms with Crippen molar-refractivity contribution in [2.24, 2.45) is 0 Å². The van der Waals surface area contributed by atoms with Gasteiger partial charge >= 0.3 is 0 Å². The fourth-order valence-corrected chi connectivity index (χ4v) is 2.44. The zero-order valence-corrected chi connectivity index (χ0v) is 13.2. The highest BCUT2D eigenvalue weighted by Crippen LogP contribution is 2.17. The highest BCUT2D eigenvalue weighted by atomic mass is 16.5. The average Bonchev–Trinajstić information content (AvgIpc) is 3.08. The first-order chi connectivity index (χ1) is 10.5. The summed E-state index contributed by atoms with van der Waals surface area (Å²) in [5, 5.41) is 9.77. The Morgan fingerprint density at radius 3 is 2.77 bits per heavy atom. The van der Waals surface area contributed by atoms with E-state index in [2.05, 4.69) is 15.7 Å². The van der Waals surface area contributed by atoms with E-state index in [0.717, 1.165) is 12.8 Å². The van der Waals surface area contributed by atoms with Crippen LogP contribution in [0.25, 0.3) is 0 Å². The Labute approximate surface area is 130 Å². The van der Waals surface area contributed by atoms with Crippen LogP contribution in [0.15, 0.2) is 12.4 Å². The molecule has 1 aromatic rings. The Hall–Kier alpha value is -1.89. The zero-order valence-electron chi connectivity index (χ0n) is 13.2. The molecule has 1 aliphatic carbocycles. The van der Waals surface area contributed by atoms with E-state index in [0.29, 0.717) is 11.7 Å². The average molecular weight is 308 g/mol. The highest BCUT2D eigenvalue weighted by molar-refractivity contribution is 5.91. The predicted molar refractivity (Wildman–Crippen MR) is 82.3 cm³/mol. The van der Waals surface area contributed by atoms with E-state index < -0.39 is 0 Å². The molecule has 22 heavy (non-hydrogen) atoms. The lowest BCUT2D eigenvalue weighted by atomic mass is 10.2. The molecule has 0 bridgehead atoms. The van der Waals surface area contributed by atoms with Crippen molar-refractivity contribution < 1.29 is 14.3 Å². The van der Waals surface area contributed by atoms with Gasteiger partial charge in [-0.25, -0.2) is 0 Å². The topological polar surface area (TPSA) is 85.2 Å². The molecular weight excluding hydrogens is 284 g/mol. The second kappa shape index (κ2) is 7.93. The summed E-state index contributed by atoms with van der Waals surface area (Å²) in [4.78, 5) is 23.5. The number of anilines is 1. The minimum atomic E-state index is -0.233. The Bertz CT molecular complexity index is 507. The van der Waals surface area contributed by atoms with Crippen LogP contribution >= 0.6 is 0 Å². The lowest BCUT2D eigenvalue weighted by Crippen LogP contribution is -2.35. The van der Waals surface area contributed by atoms with Crippen molar-refractivity contribution in [3.8, 4) is 0 Å². The Morgan fingerprint density at radius 1 is 1.36 bits per heavy atom. The summed E-state index contributed by atoms with van der Waals surface area (Å²) < 4.78 is 6.74. The third-order valence-electron chi connectivity index (χ3n) is 3.49. The first-order valence-electron chi connectivity index (χ1n) is 7.76. The van der Waals surface area contributed by atoms with Crippen molar-refractivity contribution in [1.82, 2.24) is 15.1 Å². The summed E-state index contributed by atoms with van der Waals surface area (Å²) in [6.07, 6.45) is 7.65. The normalized spacial score (nSPS) is 15.2. The first-order valence-corrected chi connectivity index (χ1v) is 7.76. The van der Waals surface area contributed by atoms with Crippen molar-refractivity contribution in [2.75, 3.05) is 11.9 Å². The van der Waals surface area contributed by atoms with Gasteiger partial charge in [0.15, 0.2) is 0 Å². The first kappa shape index (κ1) is 16.5. The summed E-state index contributed by atoms with van der Waals surface area (Å²) >= 11 is 0. The van der Waals surface area contributed by atoms with Crippen molar-refractivity contribution in [3.63, 3.8) is 0 Å². The van der Waals surface area contributed by atoms with E-state index in [1.165, 1.54) is 23.7 Å². The van der Waals surface area contributed by atoms with Crippen LogP contribution in [-0.2, 0) is 20.9 Å². The summed E-state index contributed by atoms with van der Waals surface area (Å²) in [6, 6.07) is 0.301. The van der Waals surface area contributed by atoms with E-state index in [1.807, 2.05) is 13.8 Å².